The summed E-state index contributed by atoms with van der Waals surface area (Å²) in [6.45, 7) is 9.50. The van der Waals surface area contributed by atoms with Gasteiger partial charge in [0.15, 0.2) is 11.6 Å². The minimum absolute atomic E-state index is 0.00235. The van der Waals surface area contributed by atoms with Gasteiger partial charge in [0.2, 0.25) is 0 Å². The van der Waals surface area contributed by atoms with E-state index in [1.54, 1.807) is 18.2 Å². The minimum Gasteiger partial charge on any atom is -0.561 e. The molecule has 0 atom stereocenters. The summed E-state index contributed by atoms with van der Waals surface area (Å²) in [5, 5.41) is -0.00235. The van der Waals surface area contributed by atoms with Gasteiger partial charge in [0, 0.05) is 29.5 Å². The topological polar surface area (TPSA) is 25.4 Å². The van der Waals surface area contributed by atoms with E-state index in [9.17, 15) is 13.2 Å². The fourth-order valence-electron chi connectivity index (χ4n) is 2.86. The number of nitrogens with zero attached hydrogens (tertiary/aromatic N) is 2. The van der Waals surface area contributed by atoms with Crippen LogP contribution in [0.4, 0.5) is 23.4 Å². The Kier molecular flexibility index (Phi) is 5.55. The Morgan fingerprint density at radius 1 is 1.17 bits per heavy atom. The Bertz CT molecular complexity index is 904. The summed E-state index contributed by atoms with van der Waals surface area (Å²) in [6.07, 6.45) is 1.31. The van der Waals surface area contributed by atoms with Crippen molar-refractivity contribution in [2.24, 2.45) is 0 Å². The van der Waals surface area contributed by atoms with E-state index in [4.69, 9.17) is 4.43 Å². The van der Waals surface area contributed by atoms with Gasteiger partial charge in [-0.05, 0) is 14.4 Å². The van der Waals surface area contributed by atoms with Crippen LogP contribution < -0.4 is 4.90 Å². The van der Waals surface area contributed by atoms with E-state index in [0.29, 0.717) is 5.56 Å². The first-order chi connectivity index (χ1) is 13.3. The third-order valence-electron chi connectivity index (χ3n) is 5.75. The van der Waals surface area contributed by atoms with Gasteiger partial charge in [-0.2, -0.15) is 0 Å². The molecule has 2 aromatic rings. The van der Waals surface area contributed by atoms with Crippen molar-refractivity contribution in [3.8, 4) is 11.1 Å². The van der Waals surface area contributed by atoms with Gasteiger partial charge >= 0.3 is 0 Å². The van der Waals surface area contributed by atoms with Crippen molar-refractivity contribution < 1.29 is 22.0 Å². The highest BCUT2D eigenvalue weighted by Gasteiger charge is 2.45. The van der Waals surface area contributed by atoms with Crippen LogP contribution in [0.5, 0.6) is 0 Å². The standard InChI is InChI=1S/C21H26F4N2OSi/c1-20(2,3)29(4,5)28-11-14-7-6-8-16(18(14)23)15-9-17(22)19(26-10-15)27-12-21(24,25)13-27/h6-10H,11-13H2,1-5H3/q-1. The summed E-state index contributed by atoms with van der Waals surface area (Å²) in [4.78, 5) is 5.12. The van der Waals surface area contributed by atoms with Crippen LogP contribution >= 0.6 is 0 Å². The van der Waals surface area contributed by atoms with Crippen molar-refractivity contribution in [2.75, 3.05) is 18.0 Å². The lowest BCUT2D eigenvalue weighted by atomic mass is 10.0. The van der Waals surface area contributed by atoms with E-state index in [2.05, 4.69) is 38.8 Å². The molecule has 8 heteroatoms. The fourth-order valence-corrected chi connectivity index (χ4v) is 3.81. The molecule has 0 amide bonds. The van der Waals surface area contributed by atoms with Crippen LogP contribution in [0.2, 0.25) is 18.1 Å². The highest BCUT2D eigenvalue weighted by atomic mass is 28.4. The van der Waals surface area contributed by atoms with Crippen LogP contribution in [0.15, 0.2) is 30.5 Å². The number of anilines is 1. The van der Waals surface area contributed by atoms with Crippen LogP contribution in [0, 0.1) is 11.6 Å². The van der Waals surface area contributed by atoms with Gasteiger partial charge in [-0.25, -0.2) is 22.5 Å². The summed E-state index contributed by atoms with van der Waals surface area (Å²) in [5.74, 6) is -4.20. The monoisotopic (exact) mass is 426 g/mol. The lowest BCUT2D eigenvalue weighted by Crippen LogP contribution is -2.57. The molecule has 1 aliphatic heterocycles. The second-order valence-electron chi connectivity index (χ2n) is 9.07. The van der Waals surface area contributed by atoms with Crippen molar-refractivity contribution >= 4 is 14.1 Å². The normalized spacial score (nSPS) is 16.7. The molecule has 3 nitrogen and oxygen atoms in total. The van der Waals surface area contributed by atoms with E-state index in [-0.39, 0.29) is 28.6 Å². The molecule has 0 saturated carbocycles. The van der Waals surface area contributed by atoms with Crippen LogP contribution in [-0.2, 0) is 11.0 Å². The predicted octanol–water partition coefficient (Wildman–Crippen LogP) is 6.00. The van der Waals surface area contributed by atoms with Gasteiger partial charge in [-0.1, -0.05) is 39.0 Å². The van der Waals surface area contributed by atoms with Crippen LogP contribution in [0.25, 0.3) is 11.1 Å². The zero-order chi connectivity index (χ0) is 21.6. The predicted molar refractivity (Wildman–Crippen MR) is 109 cm³/mol. The number of alkyl halides is 2. The maximum atomic E-state index is 15.1. The largest absolute Gasteiger partial charge is 0.561 e. The quantitative estimate of drug-likeness (QED) is 0.433. The molecule has 3 rings (SSSR count). The third kappa shape index (κ3) is 4.48. The molecular weight excluding hydrogens is 400 g/mol. The second-order valence-corrected chi connectivity index (χ2v) is 13.9. The van der Waals surface area contributed by atoms with Crippen molar-refractivity contribution in [1.82, 2.24) is 4.98 Å². The molecule has 0 radical (unpaired) electrons. The molecule has 1 aromatic heterocycles. The molecule has 1 fully saturated rings. The zero-order valence-electron chi connectivity index (χ0n) is 17.3. The lowest BCUT2D eigenvalue weighted by molar-refractivity contribution is -0.0270. The number of hydrogen-bond donors (Lipinski definition) is 0. The molecule has 1 saturated heterocycles. The molecular formula is C21H26F4N2OSi-. The maximum absolute atomic E-state index is 15.1. The van der Waals surface area contributed by atoms with Crippen LogP contribution in [-0.4, -0.2) is 32.3 Å². The third-order valence-corrected chi connectivity index (χ3v) is 10.2. The van der Waals surface area contributed by atoms with Gasteiger partial charge in [0.1, 0.15) is 5.82 Å². The molecule has 0 unspecified atom stereocenters. The van der Waals surface area contributed by atoms with Gasteiger partial charge in [0.05, 0.1) is 13.1 Å². The zero-order valence-corrected chi connectivity index (χ0v) is 18.3. The average molecular weight is 427 g/mol. The Morgan fingerprint density at radius 3 is 2.38 bits per heavy atom. The Labute approximate surface area is 169 Å². The van der Waals surface area contributed by atoms with E-state index in [1.165, 1.54) is 11.1 Å². The van der Waals surface area contributed by atoms with Crippen molar-refractivity contribution in [3.05, 3.63) is 47.7 Å². The first kappa shape index (κ1) is 21.8. The molecule has 0 bridgehead atoms. The highest BCUT2D eigenvalue weighted by Crippen LogP contribution is 2.38. The molecule has 29 heavy (non-hydrogen) atoms. The Morgan fingerprint density at radius 2 is 1.83 bits per heavy atom. The minimum atomic E-state index is -2.82. The number of hydrogen-bond acceptors (Lipinski definition) is 3. The van der Waals surface area contributed by atoms with E-state index in [1.807, 2.05) is 0 Å². The highest BCUT2D eigenvalue weighted by molar-refractivity contribution is 6.74. The smallest absolute Gasteiger partial charge is 0.282 e. The second kappa shape index (κ2) is 7.39. The van der Waals surface area contributed by atoms with Crippen LogP contribution in [0.3, 0.4) is 0 Å². The number of halogens is 4. The van der Waals surface area contributed by atoms with Crippen molar-refractivity contribution in [2.45, 2.75) is 51.4 Å². The number of benzene rings is 1. The Balaban J connectivity index is 1.82. The molecule has 2 heterocycles. The first-order valence-corrected chi connectivity index (χ1v) is 12.4. The fraction of sp³-hybridized carbons (Fsp3) is 0.476. The summed E-state index contributed by atoms with van der Waals surface area (Å²) < 4.78 is 61.7. The lowest BCUT2D eigenvalue weighted by Gasteiger charge is -2.48. The number of rotatable bonds is 5. The van der Waals surface area contributed by atoms with Crippen molar-refractivity contribution in [1.29, 1.82) is 0 Å². The summed E-state index contributed by atoms with van der Waals surface area (Å²) >= 11 is 0. The number of pyridine rings is 1. The molecule has 1 aromatic carbocycles. The number of aromatic nitrogens is 1. The molecule has 1 aliphatic rings. The molecule has 0 N–H and O–H groups in total. The summed E-state index contributed by atoms with van der Waals surface area (Å²) in [5.41, 5.74) is 0.845. The molecule has 0 spiro atoms. The molecule has 0 aliphatic carbocycles. The average Bonchev–Trinajstić information content (AvgIpc) is 2.58. The van der Waals surface area contributed by atoms with Gasteiger partial charge in [-0.15, -0.1) is 18.1 Å². The van der Waals surface area contributed by atoms with Crippen LogP contribution in [0.1, 0.15) is 26.3 Å². The van der Waals surface area contributed by atoms with E-state index < -0.39 is 39.0 Å². The summed E-state index contributed by atoms with van der Waals surface area (Å²) in [6, 6.07) is 6.01. The summed E-state index contributed by atoms with van der Waals surface area (Å²) in [7, 11) is -2.05. The van der Waals surface area contributed by atoms with E-state index in [0.717, 1.165) is 6.07 Å². The van der Waals surface area contributed by atoms with E-state index >= 15 is 4.39 Å². The first-order valence-electron chi connectivity index (χ1n) is 9.51. The van der Waals surface area contributed by atoms with Gasteiger partial charge in [-0.3, -0.25) is 0 Å². The SMILES string of the molecule is CC(C)(C)[Si-](C)(C)OCc1cccc(-c2cnc(N3CC(F)(F)C3)c(F)c2)c1F. The molecule has 159 valence electrons. The van der Waals surface area contributed by atoms with Crippen molar-refractivity contribution in [3.63, 3.8) is 0 Å². The Hall–Kier alpha value is -1.93. The van der Waals surface area contributed by atoms with Gasteiger partial charge in [0.25, 0.3) is 5.92 Å². The maximum Gasteiger partial charge on any atom is 0.282 e. The van der Waals surface area contributed by atoms with Gasteiger partial charge < -0.3 is 9.33 Å².